The van der Waals surface area contributed by atoms with Gasteiger partial charge >= 0.3 is 17.9 Å². The number of carbonyl (C=O) groups is 3. The molecule has 37 heavy (non-hydrogen) atoms. The van der Waals surface area contributed by atoms with Crippen molar-refractivity contribution in [3.63, 3.8) is 0 Å². The highest BCUT2D eigenvalue weighted by atomic mass is 16.6. The van der Waals surface area contributed by atoms with Gasteiger partial charge < -0.3 is 30.0 Å². The molecule has 0 aromatic heterocycles. The zero-order valence-corrected chi connectivity index (χ0v) is 23.4. The second-order valence-corrected chi connectivity index (χ2v) is 10.8. The van der Waals surface area contributed by atoms with Crippen LogP contribution in [0.5, 0.6) is 5.75 Å². The van der Waals surface area contributed by atoms with Gasteiger partial charge in [0.05, 0.1) is 19.6 Å². The number of carboxylic acid groups (broad SMARTS) is 1. The highest BCUT2D eigenvalue weighted by Crippen LogP contribution is 2.24. The third kappa shape index (κ3) is 14.0. The number of rotatable bonds is 16. The van der Waals surface area contributed by atoms with Crippen LogP contribution in [0.3, 0.4) is 0 Å². The van der Waals surface area contributed by atoms with Gasteiger partial charge in [-0.25, -0.2) is 4.79 Å². The van der Waals surface area contributed by atoms with Crippen molar-refractivity contribution in [2.75, 3.05) is 39.3 Å². The van der Waals surface area contributed by atoms with Crippen molar-refractivity contribution in [3.8, 4) is 5.75 Å². The van der Waals surface area contributed by atoms with Gasteiger partial charge in [0.25, 0.3) is 0 Å². The maximum atomic E-state index is 13.3. The molecule has 1 aromatic carbocycles. The highest BCUT2D eigenvalue weighted by molar-refractivity contribution is 5.87. The van der Waals surface area contributed by atoms with Crippen LogP contribution in [-0.2, 0) is 30.3 Å². The predicted molar refractivity (Wildman–Crippen MR) is 142 cm³/mol. The average molecular weight is 524 g/mol. The van der Waals surface area contributed by atoms with Crippen molar-refractivity contribution in [1.29, 1.82) is 0 Å². The van der Waals surface area contributed by atoms with Gasteiger partial charge in [0.15, 0.2) is 0 Å². The molecular formula is C27H45N3O7. The molecule has 0 aliphatic heterocycles. The fourth-order valence-electron chi connectivity index (χ4n) is 3.52. The minimum absolute atomic E-state index is 0.111. The molecule has 1 atom stereocenters. The van der Waals surface area contributed by atoms with Crippen molar-refractivity contribution in [2.24, 2.45) is 0 Å². The minimum atomic E-state index is -1.46. The molecule has 0 aliphatic rings. The lowest BCUT2D eigenvalue weighted by atomic mass is 9.87. The van der Waals surface area contributed by atoms with Crippen molar-refractivity contribution in [3.05, 3.63) is 29.8 Å². The lowest BCUT2D eigenvalue weighted by Crippen LogP contribution is -2.58. The topological polar surface area (TPSA) is 135 Å². The van der Waals surface area contributed by atoms with Crippen LogP contribution in [0.4, 0.5) is 0 Å². The van der Waals surface area contributed by atoms with Crippen LogP contribution < -0.4 is 20.7 Å². The van der Waals surface area contributed by atoms with E-state index in [4.69, 9.17) is 14.2 Å². The molecule has 10 heteroatoms. The summed E-state index contributed by atoms with van der Waals surface area (Å²) in [6, 6.07) is 7.24. The van der Waals surface area contributed by atoms with Gasteiger partial charge in [-0.05, 0) is 66.2 Å². The van der Waals surface area contributed by atoms with E-state index in [1.165, 1.54) is 0 Å². The predicted octanol–water partition coefficient (Wildman–Crippen LogP) is 2.29. The van der Waals surface area contributed by atoms with E-state index in [0.717, 1.165) is 5.56 Å². The first kappa shape index (κ1) is 32.3. The van der Waals surface area contributed by atoms with Crippen LogP contribution in [0.1, 0.15) is 60.5 Å². The molecule has 0 heterocycles. The molecule has 1 aromatic rings. The molecule has 4 N–H and O–H groups in total. The van der Waals surface area contributed by atoms with Gasteiger partial charge in [0.1, 0.15) is 22.5 Å². The van der Waals surface area contributed by atoms with Crippen molar-refractivity contribution >= 4 is 17.9 Å². The Morgan fingerprint density at radius 1 is 0.838 bits per heavy atom. The summed E-state index contributed by atoms with van der Waals surface area (Å²) in [6.07, 6.45) is -0.301. The van der Waals surface area contributed by atoms with Gasteiger partial charge in [-0.15, -0.1) is 0 Å². The maximum absolute atomic E-state index is 13.3. The Morgan fingerprint density at radius 2 is 1.41 bits per heavy atom. The van der Waals surface area contributed by atoms with Crippen LogP contribution in [0.2, 0.25) is 0 Å². The van der Waals surface area contributed by atoms with E-state index in [1.54, 1.807) is 32.9 Å². The first-order chi connectivity index (χ1) is 17.2. The van der Waals surface area contributed by atoms with E-state index < -0.39 is 35.1 Å². The Labute approximate surface area is 220 Å². The van der Waals surface area contributed by atoms with Gasteiger partial charge in [0, 0.05) is 32.6 Å². The summed E-state index contributed by atoms with van der Waals surface area (Å²) in [6.45, 7) is 15.1. The Kier molecular flexibility index (Phi) is 13.0. The molecule has 0 radical (unpaired) electrons. The van der Waals surface area contributed by atoms with E-state index >= 15 is 0 Å². The Hall–Kier alpha value is -2.69. The molecule has 0 saturated heterocycles. The number of carboxylic acids is 1. The molecule has 1 unspecified atom stereocenters. The molecular weight excluding hydrogens is 478 g/mol. The summed E-state index contributed by atoms with van der Waals surface area (Å²) < 4.78 is 16.4. The highest BCUT2D eigenvalue weighted by Gasteiger charge is 2.43. The van der Waals surface area contributed by atoms with Crippen LogP contribution in [-0.4, -0.2) is 79.1 Å². The minimum Gasteiger partial charge on any atom is -0.494 e. The first-order valence-corrected chi connectivity index (χ1v) is 12.7. The normalized spacial score (nSPS) is 13.5. The van der Waals surface area contributed by atoms with Gasteiger partial charge in [-0.2, -0.15) is 0 Å². The molecule has 10 nitrogen and oxygen atoms in total. The number of esters is 2. The molecule has 1 rings (SSSR count). The second-order valence-electron chi connectivity index (χ2n) is 10.8. The van der Waals surface area contributed by atoms with Gasteiger partial charge in [0.2, 0.25) is 0 Å². The van der Waals surface area contributed by atoms with Gasteiger partial charge in [-0.3, -0.25) is 14.9 Å². The quantitative estimate of drug-likeness (QED) is 0.189. The van der Waals surface area contributed by atoms with E-state index in [1.807, 2.05) is 39.8 Å². The summed E-state index contributed by atoms with van der Waals surface area (Å²) >= 11 is 0. The second kappa shape index (κ2) is 14.9. The molecule has 210 valence electrons. The molecule has 0 bridgehead atoms. The number of hydrogen-bond donors (Lipinski definition) is 4. The maximum Gasteiger partial charge on any atom is 0.327 e. The lowest BCUT2D eigenvalue weighted by molar-refractivity contribution is -0.166. The molecule has 0 saturated carbocycles. The van der Waals surface area contributed by atoms with Crippen LogP contribution >= 0.6 is 0 Å². The summed E-state index contributed by atoms with van der Waals surface area (Å²) in [5, 5.41) is 19.1. The van der Waals surface area contributed by atoms with Gasteiger partial charge in [-0.1, -0.05) is 12.1 Å². The smallest absolute Gasteiger partial charge is 0.327 e. The average Bonchev–Trinajstić information content (AvgIpc) is 2.74. The SMILES string of the molecule is CCOc1ccc(CC(CC(=O)O)(NCCNCCNCC(=O)OC(C)(C)C)C(=O)OC(C)(C)C)cc1. The summed E-state index contributed by atoms with van der Waals surface area (Å²) in [7, 11) is 0. The van der Waals surface area contributed by atoms with Crippen molar-refractivity contribution < 1.29 is 33.7 Å². The van der Waals surface area contributed by atoms with Crippen LogP contribution in [0.15, 0.2) is 24.3 Å². The zero-order valence-electron chi connectivity index (χ0n) is 23.4. The van der Waals surface area contributed by atoms with Crippen LogP contribution in [0.25, 0.3) is 0 Å². The number of ether oxygens (including phenoxy) is 3. The molecule has 0 amide bonds. The lowest BCUT2D eigenvalue weighted by Gasteiger charge is -2.34. The monoisotopic (exact) mass is 523 g/mol. The number of benzene rings is 1. The van der Waals surface area contributed by atoms with E-state index in [-0.39, 0.29) is 18.9 Å². The number of aliphatic carboxylic acids is 1. The van der Waals surface area contributed by atoms with Crippen molar-refractivity contribution in [2.45, 2.75) is 78.0 Å². The summed E-state index contributed by atoms with van der Waals surface area (Å²) in [5.74, 6) is -1.34. The standard InChI is InChI=1S/C27H45N3O7/c1-8-35-21-11-9-20(10-12-21)17-27(18-22(31)32,24(34)37-26(5,6)7)30-16-15-28-13-14-29-19-23(33)36-25(2,3)4/h9-12,28-30H,8,13-19H2,1-7H3,(H,31,32). The zero-order chi connectivity index (χ0) is 28.1. The van der Waals surface area contributed by atoms with Crippen LogP contribution in [0, 0.1) is 0 Å². The number of hydrogen-bond acceptors (Lipinski definition) is 9. The molecule has 0 fully saturated rings. The third-order valence-electron chi connectivity index (χ3n) is 4.92. The number of nitrogens with one attached hydrogen (secondary N) is 3. The largest absolute Gasteiger partial charge is 0.494 e. The Balaban J connectivity index is 2.78. The summed E-state index contributed by atoms with van der Waals surface area (Å²) in [5.41, 5.74) is -1.98. The third-order valence-corrected chi connectivity index (χ3v) is 4.92. The summed E-state index contributed by atoms with van der Waals surface area (Å²) in [4.78, 5) is 36.9. The Bertz CT molecular complexity index is 860. The first-order valence-electron chi connectivity index (χ1n) is 12.7. The number of carbonyl (C=O) groups excluding carboxylic acids is 2. The van der Waals surface area contributed by atoms with Crippen molar-refractivity contribution in [1.82, 2.24) is 16.0 Å². The van der Waals surface area contributed by atoms with E-state index in [0.29, 0.717) is 38.5 Å². The van der Waals surface area contributed by atoms with E-state index in [9.17, 15) is 19.5 Å². The Morgan fingerprint density at radius 3 is 1.95 bits per heavy atom. The molecule has 0 aliphatic carbocycles. The van der Waals surface area contributed by atoms with E-state index in [2.05, 4.69) is 16.0 Å². The fourth-order valence-corrected chi connectivity index (χ4v) is 3.52. The fraction of sp³-hybridized carbons (Fsp3) is 0.667. The molecule has 0 spiro atoms.